The Labute approximate surface area is 927 Å². The fourth-order valence-electron chi connectivity index (χ4n) is 8.34. The third-order valence-electron chi connectivity index (χ3n) is 15.3. The standard InChI is InChI=1S/4C20H18N4.C4H10O.5C3H7NO.4Ag.4BF4/c4*1-15-3-7-17(8-4-15)21-13-19-11-12-20(24-23-19)14-22-18-9-5-16(2)6-10-18;1-3-5-4-2;5*1-4(2)3-5;;;;;4*2-1(3,4)5/h4*3-14H,1-2H3;3-4H2,1-2H3;5*3H,1-2H3;;;;;;;;/q;;;;;;;;;;4*+1;4*-1. The number of nitrogens with zero attached hydrogens (tertiary/aromatic N) is 21. The Hall–Kier alpha value is -13.1. The van der Waals surface area contributed by atoms with Crippen LogP contribution in [-0.4, -0.2) is 260 Å². The summed E-state index contributed by atoms with van der Waals surface area (Å²) in [5.74, 6) is 0. The van der Waals surface area contributed by atoms with Gasteiger partial charge in [0.15, 0.2) is 0 Å². The van der Waals surface area contributed by atoms with E-state index in [2.05, 4.69) is 136 Å². The third kappa shape index (κ3) is 95.7. The summed E-state index contributed by atoms with van der Waals surface area (Å²) < 4.78 is 161. The largest absolute Gasteiger partial charge is 1.00 e. The predicted molar refractivity (Wildman–Crippen MR) is 557 cm³/mol. The number of carbonyl (C=O) groups is 5. The molecule has 0 aliphatic carbocycles. The molecule has 0 N–H and O–H groups in total. The van der Waals surface area contributed by atoms with Crippen molar-refractivity contribution in [3.8, 4) is 0 Å². The molecule has 0 spiro atoms. The molecule has 0 saturated carbocycles. The number of halogens is 16. The van der Waals surface area contributed by atoms with Crippen LogP contribution >= 0.6 is 0 Å². The number of carbonyl (C=O) groups excluding carboxylic acids is 5. The minimum absolute atomic E-state index is 0. The van der Waals surface area contributed by atoms with E-state index in [0.717, 1.165) is 90.8 Å². The van der Waals surface area contributed by atoms with Crippen molar-refractivity contribution in [2.45, 2.75) is 69.2 Å². The fraction of sp³-hybridized carbons (Fsp3) is 0.222. The molecule has 5 amide bonds. The molecule has 4 heterocycles. The average molecular weight is 2480 g/mol. The molecule has 150 heavy (non-hydrogen) atoms. The Balaban J connectivity index is -0.000000396. The van der Waals surface area contributed by atoms with E-state index in [4.69, 9.17) is 4.74 Å². The predicted octanol–water partition coefficient (Wildman–Crippen LogP) is 23.1. The van der Waals surface area contributed by atoms with Crippen LogP contribution in [0.25, 0.3) is 0 Å². The van der Waals surface area contributed by atoms with Gasteiger partial charge < -0.3 is 98.3 Å². The van der Waals surface area contributed by atoms with Gasteiger partial charge in [0, 0.05) is 83.7 Å². The Morgan fingerprint density at radius 1 is 0.200 bits per heavy atom. The minimum Gasteiger partial charge on any atom is -0.418 e. The molecule has 8 aromatic carbocycles. The molecule has 0 atom stereocenters. The topological polar surface area (TPSA) is 313 Å². The summed E-state index contributed by atoms with van der Waals surface area (Å²) in [6.45, 7) is 22.1. The molecule has 0 bridgehead atoms. The SMILES string of the molecule is CCOCC.CN(C)C=O.CN(C)C=O.CN(C)C=O.CN(C)C=O.CN(C)C=O.Cc1ccc(N=Cc2ccc(C=Nc3ccc(C)cc3)nn2)cc1.Cc1ccc(N=Cc2ccc(C=Nc3ccc(C)cc3)nn2)cc1.Cc1ccc(N=Cc2ccc(C=Nc3ccc(C)cc3)nn2)cc1.Cc1ccc(N=Cc2ccc(C=Nc3ccc(C)cc3)nn2)cc1.F[B-](F)(F)F.F[B-](F)(F)F.F[B-](F)(F)F.F[B-](F)(F)F.[Ag+].[Ag+].[Ag+].[Ag+]. The summed E-state index contributed by atoms with van der Waals surface area (Å²) >= 11 is 0. The fourth-order valence-corrected chi connectivity index (χ4v) is 8.34. The first-order valence-corrected chi connectivity index (χ1v) is 43.4. The smallest absolute Gasteiger partial charge is 0.418 e. The number of hydrogen-bond donors (Lipinski definition) is 0. The van der Waals surface area contributed by atoms with Crippen molar-refractivity contribution in [3.05, 3.63) is 333 Å². The van der Waals surface area contributed by atoms with Gasteiger partial charge in [-0.25, -0.2) is 0 Å². The van der Waals surface area contributed by atoms with E-state index >= 15 is 0 Å². The number of aryl methyl sites for hydroxylation is 8. The number of aliphatic imine (C=N–C) groups is 8. The first-order valence-electron chi connectivity index (χ1n) is 43.4. The van der Waals surface area contributed by atoms with E-state index in [9.17, 15) is 93.0 Å². The van der Waals surface area contributed by atoms with Gasteiger partial charge in [0.25, 0.3) is 0 Å². The van der Waals surface area contributed by atoms with E-state index in [1.165, 1.54) is 69.0 Å². The van der Waals surface area contributed by atoms with E-state index < -0.39 is 29.0 Å². The van der Waals surface area contributed by atoms with Crippen molar-refractivity contribution in [2.75, 3.05) is 83.7 Å². The van der Waals surface area contributed by atoms with Crippen molar-refractivity contribution in [1.29, 1.82) is 0 Å². The zero-order valence-electron chi connectivity index (χ0n) is 85.4. The second-order valence-electron chi connectivity index (χ2n) is 30.4. The maximum absolute atomic E-state index is 9.75. The van der Waals surface area contributed by atoms with Crippen LogP contribution < -0.4 is 0 Å². The van der Waals surface area contributed by atoms with E-state index in [-0.39, 0.29) is 89.5 Å². The molecule has 0 fully saturated rings. The van der Waals surface area contributed by atoms with Gasteiger partial charge in [0.2, 0.25) is 32.1 Å². The molecular weight excluding hydrogens is 2360 g/mol. The van der Waals surface area contributed by atoms with Gasteiger partial charge in [-0.2, -0.15) is 0 Å². The zero-order valence-corrected chi connectivity index (χ0v) is 91.3. The number of rotatable bonds is 23. The molecule has 0 unspecified atom stereocenters. The summed E-state index contributed by atoms with van der Waals surface area (Å²) in [4.78, 5) is 89.5. The summed E-state index contributed by atoms with van der Waals surface area (Å²) in [6.07, 6.45) is 17.4. The van der Waals surface area contributed by atoms with Crippen LogP contribution in [0.2, 0.25) is 0 Å². The number of amides is 5. The molecule has 27 nitrogen and oxygen atoms in total. The molecule has 0 saturated heterocycles. The van der Waals surface area contributed by atoms with Gasteiger partial charge in [-0.3, -0.25) is 63.9 Å². The number of hydrogen-bond acceptors (Lipinski definition) is 22. The quantitative estimate of drug-likeness (QED) is 0.0249. The van der Waals surface area contributed by atoms with Crippen LogP contribution in [0.4, 0.5) is 115 Å². The van der Waals surface area contributed by atoms with Crippen molar-refractivity contribution in [3.63, 3.8) is 0 Å². The molecule has 12 aromatic rings. The minimum atomic E-state index is -6.00. The first kappa shape index (κ1) is 148. The van der Waals surface area contributed by atoms with Crippen molar-refractivity contribution in [2.24, 2.45) is 39.9 Å². The zero-order chi connectivity index (χ0) is 111. The second-order valence-corrected chi connectivity index (χ2v) is 30.4. The number of aromatic nitrogens is 8. The van der Waals surface area contributed by atoms with Crippen LogP contribution in [0.3, 0.4) is 0 Å². The Kier molecular flexibility index (Phi) is 84.2. The molecule has 0 radical (unpaired) electrons. The summed E-state index contributed by atoms with van der Waals surface area (Å²) in [5, 5.41) is 33.2. The van der Waals surface area contributed by atoms with E-state index in [1.54, 1.807) is 120 Å². The van der Waals surface area contributed by atoms with Crippen molar-refractivity contribution < 1.29 is 187 Å². The molecular formula is C99H117Ag4B4F16N21O6. The molecule has 0 aliphatic rings. The second kappa shape index (κ2) is 85.6. The van der Waals surface area contributed by atoms with Gasteiger partial charge >= 0.3 is 119 Å². The molecule has 822 valence electrons. The van der Waals surface area contributed by atoms with Gasteiger partial charge in [-0.1, -0.05) is 142 Å². The molecule has 4 aromatic heterocycles. The van der Waals surface area contributed by atoms with Gasteiger partial charge in [0.1, 0.15) is 45.6 Å². The average Bonchev–Trinajstić information content (AvgIpc) is 0.890. The van der Waals surface area contributed by atoms with E-state index in [1.807, 2.05) is 257 Å². The maximum Gasteiger partial charge on any atom is 1.00 e. The van der Waals surface area contributed by atoms with Crippen molar-refractivity contribution in [1.82, 2.24) is 65.3 Å². The molecule has 0 aliphatic heterocycles. The van der Waals surface area contributed by atoms with Crippen LogP contribution in [0.15, 0.2) is 283 Å². The monoisotopic (exact) mass is 2470 g/mol. The molecule has 12 rings (SSSR count). The molecule has 51 heteroatoms. The Morgan fingerprint density at radius 2 is 0.280 bits per heavy atom. The summed E-state index contributed by atoms with van der Waals surface area (Å²) in [7, 11) is -7.12. The van der Waals surface area contributed by atoms with Crippen LogP contribution in [-0.2, 0) is 118 Å². The number of benzene rings is 8. The maximum atomic E-state index is 9.75. The first-order chi connectivity index (χ1) is 68.5. The Bertz CT molecular complexity index is 4780. The van der Waals surface area contributed by atoms with E-state index in [0.29, 0.717) is 45.6 Å². The van der Waals surface area contributed by atoms with Gasteiger partial charge in [-0.05, 0) is 215 Å². The summed E-state index contributed by atoms with van der Waals surface area (Å²) in [6, 6.07) is 79.1. The van der Waals surface area contributed by atoms with Crippen LogP contribution in [0.1, 0.15) is 104 Å². The van der Waals surface area contributed by atoms with Gasteiger partial charge in [-0.15, -0.1) is 40.8 Å². The normalized spacial score (nSPS) is 10.3. The van der Waals surface area contributed by atoms with Crippen LogP contribution in [0, 0.1) is 55.4 Å². The van der Waals surface area contributed by atoms with Crippen molar-refractivity contribution >= 4 is 156 Å². The third-order valence-corrected chi connectivity index (χ3v) is 15.3. The summed E-state index contributed by atoms with van der Waals surface area (Å²) in [5.41, 5.74) is 22.6. The Morgan fingerprint density at radius 3 is 0.333 bits per heavy atom. The van der Waals surface area contributed by atoms with Gasteiger partial charge in [0.05, 0.1) is 95.2 Å². The van der Waals surface area contributed by atoms with Crippen LogP contribution in [0.5, 0.6) is 0 Å². The number of ether oxygens (including phenoxy) is 1.